The second-order valence-corrected chi connectivity index (χ2v) is 6.16. The quantitative estimate of drug-likeness (QED) is 0.823. The van der Waals surface area contributed by atoms with E-state index < -0.39 is 5.97 Å². The number of amides is 2. The maximum atomic E-state index is 12.1. The van der Waals surface area contributed by atoms with Gasteiger partial charge in [-0.1, -0.05) is 0 Å². The second kappa shape index (κ2) is 7.50. The Kier molecular flexibility index (Phi) is 5.16. The number of pyridine rings is 1. The molecule has 1 saturated heterocycles. The van der Waals surface area contributed by atoms with Crippen LogP contribution in [0.15, 0.2) is 18.3 Å². The fourth-order valence-corrected chi connectivity index (χ4v) is 3.27. The van der Waals surface area contributed by atoms with E-state index in [0.29, 0.717) is 19.0 Å². The van der Waals surface area contributed by atoms with E-state index in [1.807, 2.05) is 12.1 Å². The van der Waals surface area contributed by atoms with Crippen LogP contribution in [-0.4, -0.2) is 58.2 Å². The third-order valence-electron chi connectivity index (χ3n) is 4.55. The molecule has 0 unspecified atom stereocenters. The van der Waals surface area contributed by atoms with E-state index in [0.717, 1.165) is 36.4 Å². The minimum atomic E-state index is -0.451. The van der Waals surface area contributed by atoms with E-state index in [9.17, 15) is 9.59 Å². The number of methoxy groups -OCH3 is 1. The highest BCUT2D eigenvalue weighted by molar-refractivity contribution is 5.80. The third kappa shape index (κ3) is 3.72. The predicted molar refractivity (Wildman–Crippen MR) is 92.0 cm³/mol. The predicted octanol–water partition coefficient (Wildman–Crippen LogP) is 1.20. The first-order valence-electron chi connectivity index (χ1n) is 8.52. The van der Waals surface area contributed by atoms with Crippen molar-refractivity contribution in [2.45, 2.75) is 26.3 Å². The van der Waals surface area contributed by atoms with Crippen molar-refractivity contribution in [3.8, 4) is 0 Å². The molecule has 0 bridgehead atoms. The van der Waals surface area contributed by atoms with Gasteiger partial charge in [0.2, 0.25) is 0 Å². The number of carbonyl (C=O) groups excluding carboxylic acids is 2. The van der Waals surface area contributed by atoms with Crippen LogP contribution >= 0.6 is 0 Å². The normalized spacial score (nSPS) is 17.0. The fourth-order valence-electron chi connectivity index (χ4n) is 3.27. The van der Waals surface area contributed by atoms with Gasteiger partial charge < -0.3 is 19.5 Å². The number of imidazole rings is 1. The van der Waals surface area contributed by atoms with Crippen LogP contribution in [0.25, 0.3) is 11.2 Å². The van der Waals surface area contributed by atoms with Crippen LogP contribution in [0, 0.1) is 5.92 Å². The summed E-state index contributed by atoms with van der Waals surface area (Å²) in [5, 5.41) is 2.59. The summed E-state index contributed by atoms with van der Waals surface area (Å²) in [4.78, 5) is 34.1. The molecule has 3 heterocycles. The molecule has 1 aliphatic heterocycles. The largest absolute Gasteiger partial charge is 0.468 e. The van der Waals surface area contributed by atoms with E-state index in [-0.39, 0.29) is 12.6 Å². The Hall–Kier alpha value is -2.64. The third-order valence-corrected chi connectivity index (χ3v) is 4.55. The Morgan fingerprint density at radius 1 is 1.44 bits per heavy atom. The van der Waals surface area contributed by atoms with Gasteiger partial charge in [-0.25, -0.2) is 14.8 Å². The SMILES string of the molecule is CCn1c(C[C@H]2CCN(C(=O)NCC(=O)OC)C2)nc2cccnc21. The molecule has 0 saturated carbocycles. The lowest BCUT2D eigenvalue weighted by Gasteiger charge is -2.17. The maximum absolute atomic E-state index is 12.1. The van der Waals surface area contributed by atoms with E-state index in [4.69, 9.17) is 4.98 Å². The van der Waals surface area contributed by atoms with Crippen molar-refractivity contribution in [1.82, 2.24) is 24.8 Å². The number of ether oxygens (including phenoxy) is 1. The highest BCUT2D eigenvalue weighted by Crippen LogP contribution is 2.22. The minimum Gasteiger partial charge on any atom is -0.468 e. The number of fused-ring (bicyclic) bond motifs is 1. The van der Waals surface area contributed by atoms with Gasteiger partial charge >= 0.3 is 12.0 Å². The number of aryl methyl sites for hydroxylation is 1. The summed E-state index contributed by atoms with van der Waals surface area (Å²) in [6, 6.07) is 3.64. The van der Waals surface area contributed by atoms with Crippen molar-refractivity contribution in [3.05, 3.63) is 24.2 Å². The molecule has 2 aromatic rings. The number of nitrogens with one attached hydrogen (secondary N) is 1. The Labute approximate surface area is 146 Å². The van der Waals surface area contributed by atoms with Gasteiger partial charge in [0.05, 0.1) is 7.11 Å². The number of hydrogen-bond acceptors (Lipinski definition) is 5. The molecule has 0 radical (unpaired) electrons. The minimum absolute atomic E-state index is 0.103. The lowest BCUT2D eigenvalue weighted by atomic mass is 10.0. The number of hydrogen-bond donors (Lipinski definition) is 1. The molecular weight excluding hydrogens is 322 g/mol. The molecule has 0 spiro atoms. The van der Waals surface area contributed by atoms with Crippen LogP contribution in [-0.2, 0) is 22.5 Å². The van der Waals surface area contributed by atoms with Gasteiger partial charge in [-0.3, -0.25) is 4.79 Å². The molecule has 1 fully saturated rings. The monoisotopic (exact) mass is 345 g/mol. The number of esters is 1. The number of rotatable bonds is 5. The van der Waals surface area contributed by atoms with Gasteiger partial charge in [-0.2, -0.15) is 0 Å². The van der Waals surface area contributed by atoms with Crippen LogP contribution in [0.5, 0.6) is 0 Å². The van der Waals surface area contributed by atoms with Crippen LogP contribution in [0.1, 0.15) is 19.2 Å². The molecule has 25 heavy (non-hydrogen) atoms. The van der Waals surface area contributed by atoms with Gasteiger partial charge in [-0.05, 0) is 31.4 Å². The molecule has 134 valence electrons. The summed E-state index contributed by atoms with van der Waals surface area (Å²) in [5.41, 5.74) is 1.82. The molecule has 8 heteroatoms. The number of likely N-dealkylation sites (tertiary alicyclic amines) is 1. The van der Waals surface area contributed by atoms with Gasteiger partial charge in [0.25, 0.3) is 0 Å². The topological polar surface area (TPSA) is 89.4 Å². The van der Waals surface area contributed by atoms with Crippen molar-refractivity contribution >= 4 is 23.2 Å². The Morgan fingerprint density at radius 2 is 2.28 bits per heavy atom. The van der Waals surface area contributed by atoms with Crippen molar-refractivity contribution in [2.24, 2.45) is 5.92 Å². The van der Waals surface area contributed by atoms with E-state index >= 15 is 0 Å². The lowest BCUT2D eigenvalue weighted by Crippen LogP contribution is -2.41. The summed E-state index contributed by atoms with van der Waals surface area (Å²) < 4.78 is 6.66. The number of urea groups is 1. The zero-order valence-corrected chi connectivity index (χ0v) is 14.6. The van der Waals surface area contributed by atoms with Crippen molar-refractivity contribution in [2.75, 3.05) is 26.7 Å². The zero-order chi connectivity index (χ0) is 17.8. The van der Waals surface area contributed by atoms with Gasteiger partial charge in [0.15, 0.2) is 5.65 Å². The van der Waals surface area contributed by atoms with Crippen molar-refractivity contribution in [1.29, 1.82) is 0 Å². The first kappa shape index (κ1) is 17.2. The summed E-state index contributed by atoms with van der Waals surface area (Å²) in [5.74, 6) is 0.914. The average molecular weight is 345 g/mol. The summed E-state index contributed by atoms with van der Waals surface area (Å²) in [6.45, 7) is 4.14. The summed E-state index contributed by atoms with van der Waals surface area (Å²) >= 11 is 0. The molecule has 8 nitrogen and oxygen atoms in total. The molecule has 1 N–H and O–H groups in total. The number of carbonyl (C=O) groups is 2. The molecule has 3 rings (SSSR count). The van der Waals surface area contributed by atoms with Crippen LogP contribution in [0.2, 0.25) is 0 Å². The molecule has 0 aromatic carbocycles. The Bertz CT molecular complexity index is 773. The van der Waals surface area contributed by atoms with Crippen LogP contribution in [0.4, 0.5) is 4.79 Å². The van der Waals surface area contributed by atoms with E-state index in [1.165, 1.54) is 7.11 Å². The standard InChI is InChI=1S/C17H23N5O3/c1-3-22-14(20-13-5-4-7-18-16(13)22)9-12-6-8-21(11-12)17(24)19-10-15(23)25-2/h4-5,7,12H,3,6,8-11H2,1-2H3,(H,19,24)/t12-/m1/s1. The summed E-state index contributed by atoms with van der Waals surface area (Å²) in [6.07, 6.45) is 3.51. The van der Waals surface area contributed by atoms with Gasteiger partial charge in [-0.15, -0.1) is 0 Å². The van der Waals surface area contributed by atoms with Gasteiger partial charge in [0.1, 0.15) is 17.9 Å². The molecule has 1 atom stereocenters. The molecule has 0 aliphatic carbocycles. The first-order chi connectivity index (χ1) is 12.1. The number of nitrogens with zero attached hydrogens (tertiary/aromatic N) is 4. The van der Waals surface area contributed by atoms with E-state index in [2.05, 4.69) is 26.5 Å². The van der Waals surface area contributed by atoms with Crippen molar-refractivity contribution < 1.29 is 14.3 Å². The van der Waals surface area contributed by atoms with Crippen molar-refractivity contribution in [3.63, 3.8) is 0 Å². The highest BCUT2D eigenvalue weighted by Gasteiger charge is 2.28. The summed E-state index contributed by atoms with van der Waals surface area (Å²) in [7, 11) is 1.30. The molecule has 2 aromatic heterocycles. The molecule has 2 amide bonds. The molecular formula is C17H23N5O3. The second-order valence-electron chi connectivity index (χ2n) is 6.16. The van der Waals surface area contributed by atoms with Gasteiger partial charge in [0, 0.05) is 32.3 Å². The van der Waals surface area contributed by atoms with Crippen LogP contribution < -0.4 is 5.32 Å². The first-order valence-corrected chi connectivity index (χ1v) is 8.52. The lowest BCUT2D eigenvalue weighted by molar-refractivity contribution is -0.139. The zero-order valence-electron chi connectivity index (χ0n) is 14.6. The fraction of sp³-hybridized carbons (Fsp3) is 0.529. The maximum Gasteiger partial charge on any atom is 0.325 e. The Balaban J connectivity index is 1.62. The van der Waals surface area contributed by atoms with E-state index in [1.54, 1.807) is 11.1 Å². The highest BCUT2D eigenvalue weighted by atomic mass is 16.5. The molecule has 1 aliphatic rings. The number of aromatic nitrogens is 3. The Morgan fingerprint density at radius 3 is 3.04 bits per heavy atom. The van der Waals surface area contributed by atoms with Crippen LogP contribution in [0.3, 0.4) is 0 Å². The smallest absolute Gasteiger partial charge is 0.325 e. The average Bonchev–Trinajstić information content (AvgIpc) is 3.23.